The standard InChI is InChI=1S/C17H16F3NO3/c1-11(22)14-7-4-8-21(16(23)10-15(14)24-2)13-6-3-5-12(9-13)17(18,19)20/h3,5-7,9-10H,4,8H2,1-2H3. The number of amides is 1. The topological polar surface area (TPSA) is 46.6 Å². The van der Waals surface area contributed by atoms with Crippen molar-refractivity contribution in [2.75, 3.05) is 18.6 Å². The number of ketones is 1. The van der Waals surface area contributed by atoms with Gasteiger partial charge in [-0.3, -0.25) is 9.59 Å². The molecular formula is C17H16F3NO3. The van der Waals surface area contributed by atoms with Crippen molar-refractivity contribution in [2.24, 2.45) is 0 Å². The second-order valence-electron chi connectivity index (χ2n) is 5.21. The Balaban J connectivity index is 2.39. The average Bonchev–Trinajstić information content (AvgIpc) is 2.50. The third kappa shape index (κ3) is 3.84. The molecular weight excluding hydrogens is 323 g/mol. The Hall–Kier alpha value is -2.57. The van der Waals surface area contributed by atoms with Crippen molar-refractivity contribution in [1.29, 1.82) is 0 Å². The zero-order valence-corrected chi connectivity index (χ0v) is 13.2. The van der Waals surface area contributed by atoms with Gasteiger partial charge in [-0.25, -0.2) is 0 Å². The number of anilines is 1. The Labute approximate surface area is 137 Å². The van der Waals surface area contributed by atoms with Gasteiger partial charge in [0.25, 0.3) is 5.91 Å². The molecule has 2 rings (SSSR count). The minimum atomic E-state index is -4.49. The fourth-order valence-electron chi connectivity index (χ4n) is 2.41. The lowest BCUT2D eigenvalue weighted by atomic mass is 10.1. The second-order valence-corrected chi connectivity index (χ2v) is 5.21. The predicted molar refractivity (Wildman–Crippen MR) is 82.3 cm³/mol. The SMILES string of the molecule is COC1=CC(=O)N(c2cccc(C(F)(F)F)c2)CCC=C1C(C)=O. The number of alkyl halides is 3. The van der Waals surface area contributed by atoms with Crippen LogP contribution in [0.15, 0.2) is 47.7 Å². The molecule has 0 bridgehead atoms. The number of allylic oxidation sites excluding steroid dienone is 1. The number of Topliss-reactive ketones (excluding diaryl/α,β-unsaturated/α-hetero) is 1. The molecule has 128 valence electrons. The van der Waals surface area contributed by atoms with Crippen molar-refractivity contribution >= 4 is 17.4 Å². The molecule has 0 spiro atoms. The van der Waals surface area contributed by atoms with Crippen LogP contribution in [0.25, 0.3) is 0 Å². The fraction of sp³-hybridized carbons (Fsp3) is 0.294. The molecule has 0 aromatic heterocycles. The summed E-state index contributed by atoms with van der Waals surface area (Å²) in [7, 11) is 1.33. The minimum absolute atomic E-state index is 0.101. The molecule has 0 saturated heterocycles. The molecule has 7 heteroatoms. The number of ether oxygens (including phenoxy) is 1. The lowest BCUT2D eigenvalue weighted by molar-refractivity contribution is -0.137. The molecule has 1 aromatic rings. The van der Waals surface area contributed by atoms with E-state index >= 15 is 0 Å². The molecule has 0 N–H and O–H groups in total. The first-order chi connectivity index (χ1) is 11.2. The summed E-state index contributed by atoms with van der Waals surface area (Å²) in [5.41, 5.74) is -0.401. The van der Waals surface area contributed by atoms with Gasteiger partial charge in [0.2, 0.25) is 0 Å². The monoisotopic (exact) mass is 339 g/mol. The van der Waals surface area contributed by atoms with Crippen LogP contribution in [0.5, 0.6) is 0 Å². The van der Waals surface area contributed by atoms with Gasteiger partial charge in [-0.15, -0.1) is 0 Å². The predicted octanol–water partition coefficient (Wildman–Crippen LogP) is 3.49. The number of halogens is 3. The van der Waals surface area contributed by atoms with Crippen LogP contribution in [-0.4, -0.2) is 25.3 Å². The van der Waals surface area contributed by atoms with Gasteiger partial charge in [-0.05, 0) is 31.5 Å². The third-order valence-electron chi connectivity index (χ3n) is 3.57. The summed E-state index contributed by atoms with van der Waals surface area (Å²) in [4.78, 5) is 25.2. The summed E-state index contributed by atoms with van der Waals surface area (Å²) in [5, 5.41) is 0. The fourth-order valence-corrected chi connectivity index (χ4v) is 2.41. The van der Waals surface area contributed by atoms with Crippen LogP contribution in [0.2, 0.25) is 0 Å². The smallest absolute Gasteiger partial charge is 0.416 e. The van der Waals surface area contributed by atoms with Crippen molar-refractivity contribution in [3.63, 3.8) is 0 Å². The number of hydrogen-bond donors (Lipinski definition) is 0. The Morgan fingerprint density at radius 3 is 2.58 bits per heavy atom. The number of nitrogens with zero attached hydrogens (tertiary/aromatic N) is 1. The summed E-state index contributed by atoms with van der Waals surface area (Å²) in [6.07, 6.45) is -1.44. The number of carbonyl (C=O) groups excluding carboxylic acids is 2. The minimum Gasteiger partial charge on any atom is -0.496 e. The van der Waals surface area contributed by atoms with Gasteiger partial charge in [0, 0.05) is 18.3 Å². The highest BCUT2D eigenvalue weighted by molar-refractivity contribution is 6.05. The summed E-state index contributed by atoms with van der Waals surface area (Å²) in [6, 6.07) is 4.56. The summed E-state index contributed by atoms with van der Waals surface area (Å²) in [6.45, 7) is 1.51. The van der Waals surface area contributed by atoms with Gasteiger partial charge in [-0.2, -0.15) is 13.2 Å². The van der Waals surface area contributed by atoms with E-state index in [-0.39, 0.29) is 29.3 Å². The van der Waals surface area contributed by atoms with Crippen molar-refractivity contribution in [3.8, 4) is 0 Å². The molecule has 1 amide bonds. The van der Waals surface area contributed by atoms with E-state index in [1.165, 1.54) is 31.1 Å². The first-order valence-corrected chi connectivity index (χ1v) is 7.20. The molecule has 0 saturated carbocycles. The molecule has 1 heterocycles. The Kier molecular flexibility index (Phi) is 5.11. The largest absolute Gasteiger partial charge is 0.496 e. The zero-order valence-electron chi connectivity index (χ0n) is 13.2. The molecule has 1 aliphatic heterocycles. The maximum Gasteiger partial charge on any atom is 0.416 e. The molecule has 0 radical (unpaired) electrons. The number of rotatable bonds is 3. The number of benzene rings is 1. The van der Waals surface area contributed by atoms with Gasteiger partial charge in [0.15, 0.2) is 5.78 Å². The molecule has 24 heavy (non-hydrogen) atoms. The number of hydrogen-bond acceptors (Lipinski definition) is 3. The Morgan fingerprint density at radius 2 is 2.00 bits per heavy atom. The highest BCUT2D eigenvalue weighted by atomic mass is 19.4. The van der Waals surface area contributed by atoms with E-state index in [9.17, 15) is 22.8 Å². The summed E-state index contributed by atoms with van der Waals surface area (Å²) in [5.74, 6) is -0.689. The van der Waals surface area contributed by atoms with Crippen molar-refractivity contribution in [2.45, 2.75) is 19.5 Å². The maximum absolute atomic E-state index is 12.9. The van der Waals surface area contributed by atoms with Crippen molar-refractivity contribution < 1.29 is 27.5 Å². The molecule has 0 aliphatic carbocycles. The maximum atomic E-state index is 12.9. The number of carbonyl (C=O) groups is 2. The van der Waals surface area contributed by atoms with Crippen LogP contribution in [0, 0.1) is 0 Å². The molecule has 0 fully saturated rings. The first kappa shape index (κ1) is 17.8. The van der Waals surface area contributed by atoms with Gasteiger partial charge in [0.05, 0.1) is 18.2 Å². The molecule has 1 aromatic carbocycles. The summed E-state index contributed by atoms with van der Waals surface area (Å²) < 4.78 is 43.6. The lowest BCUT2D eigenvalue weighted by Gasteiger charge is -2.24. The second kappa shape index (κ2) is 6.90. The Morgan fingerprint density at radius 1 is 1.29 bits per heavy atom. The van der Waals surface area contributed by atoms with E-state index in [0.29, 0.717) is 6.42 Å². The van der Waals surface area contributed by atoms with Crippen LogP contribution >= 0.6 is 0 Å². The molecule has 0 atom stereocenters. The first-order valence-electron chi connectivity index (χ1n) is 7.20. The quantitative estimate of drug-likeness (QED) is 0.847. The normalized spacial score (nSPS) is 16.0. The van der Waals surface area contributed by atoms with E-state index < -0.39 is 17.6 Å². The lowest BCUT2D eigenvalue weighted by Crippen LogP contribution is -2.32. The van der Waals surface area contributed by atoms with Gasteiger partial charge >= 0.3 is 6.18 Å². The van der Waals surface area contributed by atoms with Crippen LogP contribution in [0.1, 0.15) is 18.9 Å². The molecule has 4 nitrogen and oxygen atoms in total. The van der Waals surface area contributed by atoms with Crippen molar-refractivity contribution in [3.05, 3.63) is 53.3 Å². The molecule has 1 aliphatic rings. The van der Waals surface area contributed by atoms with Crippen LogP contribution in [0.4, 0.5) is 18.9 Å². The van der Waals surface area contributed by atoms with E-state index in [2.05, 4.69) is 0 Å². The van der Waals surface area contributed by atoms with Crippen LogP contribution in [0.3, 0.4) is 0 Å². The van der Waals surface area contributed by atoms with E-state index in [4.69, 9.17) is 4.74 Å². The van der Waals surface area contributed by atoms with Gasteiger partial charge in [-0.1, -0.05) is 12.1 Å². The van der Waals surface area contributed by atoms with Gasteiger partial charge in [0.1, 0.15) is 5.76 Å². The highest BCUT2D eigenvalue weighted by Crippen LogP contribution is 2.32. The van der Waals surface area contributed by atoms with E-state index in [1.54, 1.807) is 6.08 Å². The van der Waals surface area contributed by atoms with E-state index in [1.807, 2.05) is 0 Å². The van der Waals surface area contributed by atoms with E-state index in [0.717, 1.165) is 18.2 Å². The average molecular weight is 339 g/mol. The zero-order chi connectivity index (χ0) is 17.9. The molecule has 0 unspecified atom stereocenters. The number of methoxy groups -OCH3 is 1. The third-order valence-corrected chi connectivity index (χ3v) is 3.57. The van der Waals surface area contributed by atoms with Crippen molar-refractivity contribution in [1.82, 2.24) is 0 Å². The Bertz CT molecular complexity index is 720. The summed E-state index contributed by atoms with van der Waals surface area (Å²) >= 11 is 0. The van der Waals surface area contributed by atoms with Crippen LogP contribution < -0.4 is 4.90 Å². The van der Waals surface area contributed by atoms with Gasteiger partial charge < -0.3 is 9.64 Å². The van der Waals surface area contributed by atoms with Crippen LogP contribution in [-0.2, 0) is 20.5 Å². The highest BCUT2D eigenvalue weighted by Gasteiger charge is 2.31.